The summed E-state index contributed by atoms with van der Waals surface area (Å²) in [6.45, 7) is -0.469. The Morgan fingerprint density at radius 3 is 2.43 bits per heavy atom. The largest absolute Gasteiger partial charge is 0.480 e. The molecule has 0 spiro atoms. The summed E-state index contributed by atoms with van der Waals surface area (Å²) in [7, 11) is -3.94. The van der Waals surface area contributed by atoms with E-state index in [4.69, 9.17) is 5.11 Å². The van der Waals surface area contributed by atoms with Crippen molar-refractivity contribution < 1.29 is 22.7 Å². The Morgan fingerprint density at radius 1 is 1.14 bits per heavy atom. The zero-order valence-electron chi connectivity index (χ0n) is 10.8. The molecule has 21 heavy (non-hydrogen) atoms. The SMILES string of the molecule is O=C(O)CNc1ccc(F)cc1S(=O)(=O)c1ccccc1. The van der Waals surface area contributed by atoms with Gasteiger partial charge in [-0.1, -0.05) is 18.2 Å². The highest BCUT2D eigenvalue weighted by molar-refractivity contribution is 7.91. The molecule has 0 aliphatic heterocycles. The van der Waals surface area contributed by atoms with Crippen LogP contribution in [0.15, 0.2) is 58.3 Å². The summed E-state index contributed by atoms with van der Waals surface area (Å²) >= 11 is 0. The van der Waals surface area contributed by atoms with E-state index in [-0.39, 0.29) is 15.5 Å². The highest BCUT2D eigenvalue weighted by Gasteiger charge is 2.22. The van der Waals surface area contributed by atoms with Gasteiger partial charge in [0.15, 0.2) is 0 Å². The molecule has 0 fully saturated rings. The molecule has 2 N–H and O–H groups in total. The van der Waals surface area contributed by atoms with Crippen molar-refractivity contribution in [3.05, 3.63) is 54.3 Å². The maximum Gasteiger partial charge on any atom is 0.322 e. The standard InChI is InChI=1S/C14H12FNO4S/c15-10-6-7-12(16-9-14(17)18)13(8-10)21(19,20)11-4-2-1-3-5-11/h1-8,16H,9H2,(H,17,18). The average molecular weight is 309 g/mol. The molecule has 2 aromatic carbocycles. The second-order valence-electron chi connectivity index (χ2n) is 4.20. The van der Waals surface area contributed by atoms with Gasteiger partial charge in [0.25, 0.3) is 0 Å². The zero-order valence-corrected chi connectivity index (χ0v) is 11.6. The Kier molecular flexibility index (Phi) is 4.23. The van der Waals surface area contributed by atoms with E-state index in [0.29, 0.717) is 0 Å². The first-order valence-electron chi connectivity index (χ1n) is 5.96. The first-order chi connectivity index (χ1) is 9.91. The molecule has 0 bridgehead atoms. The van der Waals surface area contributed by atoms with Crippen molar-refractivity contribution in [2.45, 2.75) is 9.79 Å². The van der Waals surface area contributed by atoms with E-state index in [2.05, 4.69) is 5.32 Å². The molecule has 2 aromatic rings. The van der Waals surface area contributed by atoms with Crippen LogP contribution in [0.4, 0.5) is 10.1 Å². The van der Waals surface area contributed by atoms with E-state index in [1.54, 1.807) is 18.2 Å². The number of carboxylic acid groups (broad SMARTS) is 1. The maximum atomic E-state index is 13.4. The van der Waals surface area contributed by atoms with E-state index >= 15 is 0 Å². The predicted octanol–water partition coefficient (Wildman–Crippen LogP) is 2.16. The van der Waals surface area contributed by atoms with Gasteiger partial charge < -0.3 is 10.4 Å². The summed E-state index contributed by atoms with van der Waals surface area (Å²) in [5.41, 5.74) is 0.0441. The van der Waals surface area contributed by atoms with Crippen molar-refractivity contribution in [2.24, 2.45) is 0 Å². The number of nitrogens with one attached hydrogen (secondary N) is 1. The number of hydrogen-bond donors (Lipinski definition) is 2. The third kappa shape index (κ3) is 3.38. The molecule has 0 aromatic heterocycles. The van der Waals surface area contributed by atoms with Gasteiger partial charge in [-0.3, -0.25) is 4.79 Å². The molecule has 0 atom stereocenters. The molecule has 0 aliphatic carbocycles. The highest BCUT2D eigenvalue weighted by atomic mass is 32.2. The second-order valence-corrected chi connectivity index (χ2v) is 6.12. The van der Waals surface area contributed by atoms with Gasteiger partial charge in [0.1, 0.15) is 12.4 Å². The fourth-order valence-electron chi connectivity index (χ4n) is 1.76. The topological polar surface area (TPSA) is 83.5 Å². The normalized spacial score (nSPS) is 11.1. The molecule has 0 saturated carbocycles. The first-order valence-corrected chi connectivity index (χ1v) is 7.45. The molecule has 0 radical (unpaired) electrons. The minimum absolute atomic E-state index is 0.00831. The lowest BCUT2D eigenvalue weighted by Gasteiger charge is -2.11. The van der Waals surface area contributed by atoms with Gasteiger partial charge in [0.05, 0.1) is 15.5 Å². The van der Waals surface area contributed by atoms with Crippen LogP contribution in [0.5, 0.6) is 0 Å². The lowest BCUT2D eigenvalue weighted by Crippen LogP contribution is -2.15. The van der Waals surface area contributed by atoms with Gasteiger partial charge in [-0.25, -0.2) is 12.8 Å². The van der Waals surface area contributed by atoms with Crippen molar-refractivity contribution >= 4 is 21.5 Å². The number of carboxylic acids is 1. The van der Waals surface area contributed by atoms with Crippen LogP contribution in [-0.4, -0.2) is 26.0 Å². The van der Waals surface area contributed by atoms with Crippen molar-refractivity contribution in [2.75, 3.05) is 11.9 Å². The molecule has 0 aliphatic rings. The Morgan fingerprint density at radius 2 is 1.81 bits per heavy atom. The monoisotopic (exact) mass is 309 g/mol. The maximum absolute atomic E-state index is 13.4. The number of hydrogen-bond acceptors (Lipinski definition) is 4. The van der Waals surface area contributed by atoms with Crippen molar-refractivity contribution in [1.29, 1.82) is 0 Å². The first kappa shape index (κ1) is 15.0. The minimum atomic E-state index is -3.94. The molecule has 110 valence electrons. The lowest BCUT2D eigenvalue weighted by molar-refractivity contribution is -0.134. The average Bonchev–Trinajstić information content (AvgIpc) is 2.46. The fraction of sp³-hybridized carbons (Fsp3) is 0.0714. The number of anilines is 1. The molecule has 0 unspecified atom stereocenters. The fourth-order valence-corrected chi connectivity index (χ4v) is 3.23. The quantitative estimate of drug-likeness (QED) is 0.884. The third-order valence-corrected chi connectivity index (χ3v) is 4.53. The molecule has 2 rings (SSSR count). The lowest BCUT2D eigenvalue weighted by atomic mass is 10.3. The van der Waals surface area contributed by atoms with Crippen molar-refractivity contribution in [1.82, 2.24) is 0 Å². The Balaban J connectivity index is 2.51. The number of sulfone groups is 1. The number of rotatable bonds is 5. The van der Waals surface area contributed by atoms with Gasteiger partial charge in [-0.15, -0.1) is 0 Å². The smallest absolute Gasteiger partial charge is 0.322 e. The summed E-state index contributed by atoms with van der Waals surface area (Å²) in [5, 5.41) is 11.1. The number of carbonyl (C=O) groups is 1. The van der Waals surface area contributed by atoms with Crippen LogP contribution in [0.1, 0.15) is 0 Å². The van der Waals surface area contributed by atoms with Gasteiger partial charge in [-0.05, 0) is 30.3 Å². The van der Waals surface area contributed by atoms with E-state index in [1.165, 1.54) is 18.2 Å². The van der Waals surface area contributed by atoms with Crippen LogP contribution in [0.25, 0.3) is 0 Å². The van der Waals surface area contributed by atoms with Crippen LogP contribution >= 0.6 is 0 Å². The molecule has 0 heterocycles. The van der Waals surface area contributed by atoms with E-state index in [0.717, 1.165) is 12.1 Å². The Bertz CT molecular complexity index is 760. The third-order valence-electron chi connectivity index (χ3n) is 2.72. The number of aliphatic carboxylic acids is 1. The number of benzene rings is 2. The molecular formula is C14H12FNO4S. The van der Waals surface area contributed by atoms with Gasteiger partial charge in [0.2, 0.25) is 9.84 Å². The minimum Gasteiger partial charge on any atom is -0.480 e. The summed E-state index contributed by atoms with van der Waals surface area (Å²) in [5.74, 6) is -1.87. The summed E-state index contributed by atoms with van der Waals surface area (Å²) in [4.78, 5) is 10.3. The second kappa shape index (κ2) is 5.92. The van der Waals surface area contributed by atoms with Gasteiger partial charge >= 0.3 is 5.97 Å². The van der Waals surface area contributed by atoms with Crippen LogP contribution in [-0.2, 0) is 14.6 Å². The predicted molar refractivity (Wildman–Crippen MR) is 74.4 cm³/mol. The zero-order chi connectivity index (χ0) is 15.5. The molecular weight excluding hydrogens is 297 g/mol. The van der Waals surface area contributed by atoms with Gasteiger partial charge in [0, 0.05) is 0 Å². The Hall–Kier alpha value is -2.41. The van der Waals surface area contributed by atoms with Crippen LogP contribution in [0.3, 0.4) is 0 Å². The van der Waals surface area contributed by atoms with E-state index < -0.39 is 28.2 Å². The molecule has 0 amide bonds. The van der Waals surface area contributed by atoms with Crippen molar-refractivity contribution in [3.63, 3.8) is 0 Å². The van der Waals surface area contributed by atoms with E-state index in [1.807, 2.05) is 0 Å². The molecule has 7 heteroatoms. The highest BCUT2D eigenvalue weighted by Crippen LogP contribution is 2.28. The van der Waals surface area contributed by atoms with Crippen LogP contribution in [0.2, 0.25) is 0 Å². The van der Waals surface area contributed by atoms with Crippen molar-refractivity contribution in [3.8, 4) is 0 Å². The summed E-state index contributed by atoms with van der Waals surface area (Å²) in [6, 6.07) is 10.7. The van der Waals surface area contributed by atoms with Crippen LogP contribution in [0, 0.1) is 5.82 Å². The number of halogens is 1. The molecule has 5 nitrogen and oxygen atoms in total. The van der Waals surface area contributed by atoms with Gasteiger partial charge in [-0.2, -0.15) is 0 Å². The van der Waals surface area contributed by atoms with E-state index in [9.17, 15) is 17.6 Å². The summed E-state index contributed by atoms with van der Waals surface area (Å²) < 4.78 is 38.4. The van der Waals surface area contributed by atoms with Crippen LogP contribution < -0.4 is 5.32 Å². The molecule has 0 saturated heterocycles. The Labute approximate surface area is 121 Å². The summed E-state index contributed by atoms with van der Waals surface area (Å²) in [6.07, 6.45) is 0.